The van der Waals surface area contributed by atoms with E-state index in [1.165, 1.54) is 12.1 Å². The van der Waals surface area contributed by atoms with Gasteiger partial charge in [-0.05, 0) is 53.4 Å². The smallest absolute Gasteiger partial charge is 0.220 e. The summed E-state index contributed by atoms with van der Waals surface area (Å²) in [5, 5.41) is 5.70. The van der Waals surface area contributed by atoms with Crippen molar-refractivity contribution in [3.05, 3.63) is 90.1 Å². The highest BCUT2D eigenvalue weighted by Gasteiger charge is 2.21. The number of nitrogens with zero attached hydrogens (tertiary/aromatic N) is 1. The maximum Gasteiger partial charge on any atom is 0.220 e. The van der Waals surface area contributed by atoms with Crippen LogP contribution in [0.15, 0.2) is 83.4 Å². The summed E-state index contributed by atoms with van der Waals surface area (Å²) < 4.78 is 64.3. The minimum atomic E-state index is -3.04. The van der Waals surface area contributed by atoms with Crippen molar-refractivity contribution in [3.63, 3.8) is 0 Å². The third kappa shape index (κ3) is 2.69. The van der Waals surface area contributed by atoms with Crippen molar-refractivity contribution >= 4 is 43.5 Å². The van der Waals surface area contributed by atoms with Gasteiger partial charge in [-0.3, -0.25) is 0 Å². The molecule has 0 saturated heterocycles. The average Bonchev–Trinajstić information content (AvgIpc) is 3.27. The van der Waals surface area contributed by atoms with E-state index in [4.69, 9.17) is 14.0 Å². The Morgan fingerprint density at radius 2 is 1.59 bits per heavy atom. The van der Waals surface area contributed by atoms with Gasteiger partial charge >= 0.3 is 0 Å². The molecule has 0 amide bonds. The Kier molecular flexibility index (Phi) is 2.82. The first kappa shape index (κ1) is 13.0. The summed E-state index contributed by atoms with van der Waals surface area (Å²) in [6, 6.07) is 22.9. The van der Waals surface area contributed by atoms with Crippen molar-refractivity contribution < 1.29 is 18.6 Å². The Bertz CT molecular complexity index is 1920. The molecule has 2 nitrogen and oxygen atoms in total. The molecule has 2 aromatic heterocycles. The van der Waals surface area contributed by atoms with Crippen LogP contribution in [0.1, 0.15) is 40.3 Å². The lowest BCUT2D eigenvalue weighted by atomic mass is 9.94. The fourth-order valence-electron chi connectivity index (χ4n) is 4.82. The molecule has 0 radical (unpaired) electrons. The van der Waals surface area contributed by atoms with Crippen LogP contribution in [0.5, 0.6) is 0 Å². The van der Waals surface area contributed by atoms with Crippen LogP contribution < -0.4 is 4.57 Å². The van der Waals surface area contributed by atoms with E-state index in [0.29, 0.717) is 5.39 Å². The quantitative estimate of drug-likeness (QED) is 0.259. The van der Waals surface area contributed by atoms with Crippen molar-refractivity contribution in [2.45, 2.75) is 26.5 Å². The maximum absolute atomic E-state index is 8.59. The minimum Gasteiger partial charge on any atom is -0.455 e. The van der Waals surface area contributed by atoms with Crippen molar-refractivity contribution in [1.29, 1.82) is 0 Å². The average molecular weight is 424 g/mol. The topological polar surface area (TPSA) is 17.0 Å². The van der Waals surface area contributed by atoms with Gasteiger partial charge < -0.3 is 4.42 Å². The van der Waals surface area contributed by atoms with Gasteiger partial charge in [0.25, 0.3) is 0 Å². The number of hydrogen-bond donors (Lipinski definition) is 0. The molecule has 6 rings (SSSR count). The number of fused-ring (bicyclic) bond motifs is 6. The number of aromatic nitrogens is 1. The normalized spacial score (nSPS) is 16.4. The molecule has 0 aliphatic rings. The zero-order valence-electron chi connectivity index (χ0n) is 24.9. The van der Waals surface area contributed by atoms with Gasteiger partial charge in [0.1, 0.15) is 18.2 Å². The van der Waals surface area contributed by atoms with Crippen LogP contribution in [0.25, 0.3) is 54.7 Å². The molecular weight excluding hydrogens is 390 g/mol. The highest BCUT2D eigenvalue weighted by atomic mass is 16.3. The molecule has 0 bridgehead atoms. The Hall–Kier alpha value is -3.65. The molecule has 0 aliphatic carbocycles. The molecule has 0 saturated carbocycles. The number of pyridine rings is 1. The van der Waals surface area contributed by atoms with E-state index >= 15 is 0 Å². The molecule has 4 aromatic carbocycles. The van der Waals surface area contributed by atoms with Gasteiger partial charge in [0.2, 0.25) is 5.69 Å². The highest BCUT2D eigenvalue weighted by molar-refractivity contribution is 6.16. The molecule has 6 aromatic rings. The summed E-state index contributed by atoms with van der Waals surface area (Å²) in [6.07, 6.45) is 1.85. The number of benzene rings is 4. The van der Waals surface area contributed by atoms with Gasteiger partial charge in [0, 0.05) is 37.4 Å². The lowest BCUT2D eigenvalue weighted by molar-refractivity contribution is -0.659. The van der Waals surface area contributed by atoms with Crippen molar-refractivity contribution in [3.8, 4) is 11.3 Å². The summed E-state index contributed by atoms with van der Waals surface area (Å²) in [5.41, 5.74) is 4.35. The molecule has 0 aliphatic heterocycles. The molecule has 0 atom stereocenters. The lowest BCUT2D eigenvalue weighted by Crippen LogP contribution is -2.30. The molecule has 0 unspecified atom stereocenters. The number of rotatable bonds is 2. The molecule has 32 heavy (non-hydrogen) atoms. The van der Waals surface area contributed by atoms with E-state index in [1.807, 2.05) is 42.9 Å². The van der Waals surface area contributed by atoms with Gasteiger partial charge in [-0.15, -0.1) is 0 Å². The van der Waals surface area contributed by atoms with Gasteiger partial charge in [0.05, 0.1) is 10.9 Å². The van der Waals surface area contributed by atoms with Crippen LogP contribution in [-0.2, 0) is 7.05 Å². The van der Waals surface area contributed by atoms with Crippen LogP contribution >= 0.6 is 0 Å². The van der Waals surface area contributed by atoms with Gasteiger partial charge in [-0.2, -0.15) is 0 Å². The standard InChI is InChI=1S/C30H26NO/c1-18(2)21-10-11-24-22(17-21)15-16-31(4)28(24)23-13-14-26-27-12-9-20-7-5-6-8-25(20)30(27)32-29(26)19(23)3/h5-18H,1-4H3/q+1/i1D3,2D3,18D. The van der Waals surface area contributed by atoms with Crippen LogP contribution in [0.3, 0.4) is 0 Å². The molecule has 2 heterocycles. The van der Waals surface area contributed by atoms with E-state index in [0.717, 1.165) is 54.9 Å². The van der Waals surface area contributed by atoms with Crippen molar-refractivity contribution in [1.82, 2.24) is 0 Å². The first-order chi connectivity index (χ1) is 18.3. The molecule has 0 fully saturated rings. The van der Waals surface area contributed by atoms with Crippen LogP contribution in [-0.4, -0.2) is 0 Å². The molecular formula is C30H26NO+. The number of furan rings is 1. The van der Waals surface area contributed by atoms with E-state index in [9.17, 15) is 0 Å². The third-order valence-electron chi connectivity index (χ3n) is 6.46. The second-order valence-electron chi connectivity index (χ2n) is 8.33. The van der Waals surface area contributed by atoms with Crippen molar-refractivity contribution in [2.24, 2.45) is 7.05 Å². The van der Waals surface area contributed by atoms with E-state index in [-0.39, 0.29) is 5.56 Å². The first-order valence-electron chi connectivity index (χ1n) is 14.1. The van der Waals surface area contributed by atoms with Gasteiger partial charge in [-0.25, -0.2) is 4.57 Å². The predicted molar refractivity (Wildman–Crippen MR) is 134 cm³/mol. The lowest BCUT2D eigenvalue weighted by Gasteiger charge is -2.11. The van der Waals surface area contributed by atoms with E-state index in [1.54, 1.807) is 6.07 Å². The molecule has 2 heteroatoms. The maximum atomic E-state index is 8.59. The van der Waals surface area contributed by atoms with E-state index < -0.39 is 19.6 Å². The van der Waals surface area contributed by atoms with Crippen LogP contribution in [0, 0.1) is 6.92 Å². The largest absolute Gasteiger partial charge is 0.455 e. The Morgan fingerprint density at radius 1 is 0.812 bits per heavy atom. The zero-order valence-corrected chi connectivity index (χ0v) is 17.9. The van der Waals surface area contributed by atoms with Crippen molar-refractivity contribution in [2.75, 3.05) is 0 Å². The van der Waals surface area contributed by atoms with Gasteiger partial charge in [-0.1, -0.05) is 56.2 Å². The SMILES string of the molecule is [2H]C([2H])([2H])C([2H])(c1ccc2c(-c3ccc4c(oc5c6ccccc6ccc45)c3C)[n+](C)ccc2c1)C([2H])([2H])[2H]. The predicted octanol–water partition coefficient (Wildman–Crippen LogP) is 7.82. The summed E-state index contributed by atoms with van der Waals surface area (Å²) in [5.74, 6) is -2.75. The number of hydrogen-bond acceptors (Lipinski definition) is 1. The molecule has 0 spiro atoms. The van der Waals surface area contributed by atoms with Gasteiger partial charge in [0.15, 0.2) is 6.20 Å². The fourth-order valence-corrected chi connectivity index (χ4v) is 4.82. The molecule has 156 valence electrons. The summed E-state index contributed by atoms with van der Waals surface area (Å²) in [6.45, 7) is -4.06. The molecule has 0 N–H and O–H groups in total. The second kappa shape index (κ2) is 6.93. The van der Waals surface area contributed by atoms with Crippen LogP contribution in [0.4, 0.5) is 0 Å². The zero-order chi connectivity index (χ0) is 27.9. The third-order valence-corrected chi connectivity index (χ3v) is 6.46. The summed E-state index contributed by atoms with van der Waals surface area (Å²) in [7, 11) is 1.93. The Labute approximate surface area is 197 Å². The fraction of sp³-hybridized carbons (Fsp3) is 0.167. The summed E-state index contributed by atoms with van der Waals surface area (Å²) >= 11 is 0. The second-order valence-corrected chi connectivity index (χ2v) is 8.33. The Morgan fingerprint density at radius 3 is 2.47 bits per heavy atom. The summed E-state index contributed by atoms with van der Waals surface area (Å²) in [4.78, 5) is 0. The highest BCUT2D eigenvalue weighted by Crippen LogP contribution is 2.39. The van der Waals surface area contributed by atoms with E-state index in [2.05, 4.69) is 36.4 Å². The Balaban J connectivity index is 1.59. The number of aryl methyl sites for hydroxylation is 2. The minimum absolute atomic E-state index is 0.0638. The van der Waals surface area contributed by atoms with Crippen LogP contribution in [0.2, 0.25) is 0 Å². The first-order valence-corrected chi connectivity index (χ1v) is 10.6. The monoisotopic (exact) mass is 423 g/mol.